The van der Waals surface area contributed by atoms with Gasteiger partial charge < -0.3 is 19.1 Å². The molecule has 0 saturated carbocycles. The number of nitrogens with zero attached hydrogens (tertiary/aromatic N) is 1. The first-order valence-corrected chi connectivity index (χ1v) is 14.7. The number of likely N-dealkylation sites (N-methyl/N-ethyl adjacent to an activating group) is 1. The van der Waals surface area contributed by atoms with Crippen molar-refractivity contribution in [2.75, 3.05) is 40.0 Å². The Bertz CT molecular complexity index is 610. The average Bonchev–Trinajstić information content (AvgIpc) is 2.88. The van der Waals surface area contributed by atoms with Crippen LogP contribution in [-0.4, -0.2) is 56.9 Å². The van der Waals surface area contributed by atoms with Gasteiger partial charge in [-0.1, -0.05) is 115 Å². The van der Waals surface area contributed by atoms with Crippen molar-refractivity contribution in [1.29, 1.82) is 0 Å². The lowest BCUT2D eigenvalue weighted by molar-refractivity contribution is -0.153. The van der Waals surface area contributed by atoms with Crippen LogP contribution in [-0.2, 0) is 25.6 Å². The van der Waals surface area contributed by atoms with Crippen molar-refractivity contribution in [3.63, 3.8) is 0 Å². The minimum absolute atomic E-state index is 0.107. The molecule has 0 aliphatic heterocycles. The van der Waals surface area contributed by atoms with Gasteiger partial charge in [0.15, 0.2) is 0 Å². The van der Waals surface area contributed by atoms with Crippen molar-refractivity contribution in [1.82, 2.24) is 4.90 Å². The van der Waals surface area contributed by atoms with Crippen LogP contribution in [0.3, 0.4) is 0 Å². The van der Waals surface area contributed by atoms with Gasteiger partial charge in [-0.25, -0.2) is 0 Å². The Kier molecular flexibility index (Phi) is 21.7. The molecule has 1 rings (SSSR count). The van der Waals surface area contributed by atoms with Gasteiger partial charge in [-0.05, 0) is 25.5 Å². The second kappa shape index (κ2) is 23.9. The molecular formula is C31H55NO4. The van der Waals surface area contributed by atoms with Gasteiger partial charge in [0.25, 0.3) is 0 Å². The number of unbranched alkanes of at least 4 members (excludes halogenated alkanes) is 11. The van der Waals surface area contributed by atoms with Crippen LogP contribution in [0.2, 0.25) is 0 Å². The maximum absolute atomic E-state index is 12.3. The van der Waals surface area contributed by atoms with Crippen LogP contribution in [0.4, 0.5) is 0 Å². The first kappa shape index (κ1) is 32.6. The number of benzene rings is 1. The van der Waals surface area contributed by atoms with E-state index in [4.69, 9.17) is 14.2 Å². The Labute approximate surface area is 222 Å². The molecule has 1 aromatic rings. The van der Waals surface area contributed by atoms with E-state index in [1.807, 2.05) is 25.2 Å². The standard InChI is InChI=1S/C31H55NO4/c1-4-6-8-9-10-11-12-13-14-19-24-34-28-30(36-31(33)22-16-7-5-2)26-32(3)23-25-35-27-29-20-17-15-18-21-29/h15,17-18,20-21,30H,4-14,16,19,22-28H2,1-3H3. The third kappa shape index (κ3) is 19.7. The maximum atomic E-state index is 12.3. The molecule has 5 heteroatoms. The van der Waals surface area contributed by atoms with Gasteiger partial charge in [0.1, 0.15) is 6.10 Å². The highest BCUT2D eigenvalue weighted by Gasteiger charge is 2.17. The number of esters is 1. The quantitative estimate of drug-likeness (QED) is 0.101. The van der Waals surface area contributed by atoms with E-state index < -0.39 is 0 Å². The summed E-state index contributed by atoms with van der Waals surface area (Å²) in [5, 5.41) is 0. The highest BCUT2D eigenvalue weighted by molar-refractivity contribution is 5.69. The van der Waals surface area contributed by atoms with Crippen LogP contribution >= 0.6 is 0 Å². The lowest BCUT2D eigenvalue weighted by atomic mass is 10.1. The molecule has 0 N–H and O–H groups in total. The van der Waals surface area contributed by atoms with Gasteiger partial charge >= 0.3 is 5.97 Å². The van der Waals surface area contributed by atoms with Crippen molar-refractivity contribution in [3.05, 3.63) is 35.9 Å². The summed E-state index contributed by atoms with van der Waals surface area (Å²) < 4.78 is 17.6. The van der Waals surface area contributed by atoms with E-state index in [1.165, 1.54) is 63.4 Å². The van der Waals surface area contributed by atoms with E-state index in [0.29, 0.717) is 32.8 Å². The van der Waals surface area contributed by atoms with E-state index in [1.54, 1.807) is 0 Å². The van der Waals surface area contributed by atoms with Crippen LogP contribution < -0.4 is 0 Å². The summed E-state index contributed by atoms with van der Waals surface area (Å²) in [4.78, 5) is 14.5. The zero-order valence-corrected chi connectivity index (χ0v) is 23.7. The second-order valence-corrected chi connectivity index (χ2v) is 10.1. The Morgan fingerprint density at radius 1 is 0.778 bits per heavy atom. The molecule has 1 unspecified atom stereocenters. The van der Waals surface area contributed by atoms with Gasteiger partial charge in [-0.3, -0.25) is 4.79 Å². The minimum atomic E-state index is -0.235. The summed E-state index contributed by atoms with van der Waals surface area (Å²) in [6.07, 6.45) is 16.5. The van der Waals surface area contributed by atoms with Crippen LogP contribution in [0, 0.1) is 0 Å². The topological polar surface area (TPSA) is 48.0 Å². The average molecular weight is 506 g/mol. The number of hydrogen-bond donors (Lipinski definition) is 0. The van der Waals surface area contributed by atoms with Gasteiger partial charge in [0, 0.05) is 26.1 Å². The number of hydrogen-bond acceptors (Lipinski definition) is 5. The predicted molar refractivity (Wildman–Crippen MR) is 150 cm³/mol. The van der Waals surface area contributed by atoms with E-state index in [9.17, 15) is 4.79 Å². The van der Waals surface area contributed by atoms with Gasteiger partial charge in [-0.15, -0.1) is 0 Å². The molecule has 0 aliphatic carbocycles. The summed E-state index contributed by atoms with van der Waals surface area (Å²) in [7, 11) is 2.05. The smallest absolute Gasteiger partial charge is 0.306 e. The maximum Gasteiger partial charge on any atom is 0.306 e. The highest BCUT2D eigenvalue weighted by atomic mass is 16.6. The molecule has 1 aromatic carbocycles. The SMILES string of the molecule is CCCCCCCCCCCCOCC(CN(C)CCOCc1ccccc1)OC(=O)CCCCC. The van der Waals surface area contributed by atoms with Gasteiger partial charge in [0.05, 0.1) is 19.8 Å². The van der Waals surface area contributed by atoms with Crippen LogP contribution in [0.15, 0.2) is 30.3 Å². The second-order valence-electron chi connectivity index (χ2n) is 10.1. The molecule has 0 fully saturated rings. The zero-order valence-electron chi connectivity index (χ0n) is 23.7. The monoisotopic (exact) mass is 505 g/mol. The zero-order chi connectivity index (χ0) is 26.1. The fourth-order valence-corrected chi connectivity index (χ4v) is 4.22. The molecule has 36 heavy (non-hydrogen) atoms. The molecule has 0 heterocycles. The lowest BCUT2D eigenvalue weighted by Gasteiger charge is -2.24. The van der Waals surface area contributed by atoms with Crippen LogP contribution in [0.5, 0.6) is 0 Å². The molecule has 0 spiro atoms. The largest absolute Gasteiger partial charge is 0.459 e. The summed E-state index contributed by atoms with van der Waals surface area (Å²) in [6, 6.07) is 10.2. The highest BCUT2D eigenvalue weighted by Crippen LogP contribution is 2.11. The number of carbonyl (C=O) groups is 1. The van der Waals surface area contributed by atoms with E-state index in [-0.39, 0.29) is 12.1 Å². The van der Waals surface area contributed by atoms with Crippen molar-refractivity contribution in [2.24, 2.45) is 0 Å². The molecule has 0 radical (unpaired) electrons. The number of ether oxygens (including phenoxy) is 3. The Morgan fingerprint density at radius 3 is 2.06 bits per heavy atom. The molecule has 208 valence electrons. The minimum Gasteiger partial charge on any atom is -0.459 e. The van der Waals surface area contributed by atoms with Crippen molar-refractivity contribution in [2.45, 2.75) is 116 Å². The van der Waals surface area contributed by atoms with Crippen molar-refractivity contribution >= 4 is 5.97 Å². The summed E-state index contributed by atoms with van der Waals surface area (Å²) in [5.74, 6) is -0.107. The van der Waals surface area contributed by atoms with Crippen molar-refractivity contribution in [3.8, 4) is 0 Å². The lowest BCUT2D eigenvalue weighted by Crippen LogP contribution is -2.37. The first-order valence-electron chi connectivity index (χ1n) is 14.7. The Balaban J connectivity index is 2.22. The van der Waals surface area contributed by atoms with Crippen LogP contribution in [0.1, 0.15) is 109 Å². The van der Waals surface area contributed by atoms with E-state index in [2.05, 4.69) is 30.9 Å². The first-order chi connectivity index (χ1) is 17.7. The summed E-state index contributed by atoms with van der Waals surface area (Å²) in [5.41, 5.74) is 1.18. The molecule has 0 aromatic heterocycles. The molecular weight excluding hydrogens is 450 g/mol. The van der Waals surface area contributed by atoms with Gasteiger partial charge in [-0.2, -0.15) is 0 Å². The third-order valence-corrected chi connectivity index (χ3v) is 6.47. The molecule has 5 nitrogen and oxygen atoms in total. The molecule has 0 bridgehead atoms. The van der Waals surface area contributed by atoms with E-state index >= 15 is 0 Å². The number of carbonyl (C=O) groups excluding carboxylic acids is 1. The van der Waals surface area contributed by atoms with Crippen molar-refractivity contribution < 1.29 is 19.0 Å². The van der Waals surface area contributed by atoms with Gasteiger partial charge in [0.2, 0.25) is 0 Å². The molecule has 1 atom stereocenters. The normalized spacial score (nSPS) is 12.2. The Hall–Kier alpha value is -1.43. The van der Waals surface area contributed by atoms with E-state index in [0.717, 1.165) is 38.8 Å². The Morgan fingerprint density at radius 2 is 1.39 bits per heavy atom. The summed E-state index contributed by atoms with van der Waals surface area (Å²) >= 11 is 0. The molecule has 0 saturated heterocycles. The third-order valence-electron chi connectivity index (χ3n) is 6.47. The predicted octanol–water partition coefficient (Wildman–Crippen LogP) is 7.56. The molecule has 0 amide bonds. The number of rotatable bonds is 25. The van der Waals surface area contributed by atoms with Crippen LogP contribution in [0.25, 0.3) is 0 Å². The fraction of sp³-hybridized carbons (Fsp3) is 0.774. The summed E-state index contributed by atoms with van der Waals surface area (Å²) in [6.45, 7) is 8.32. The fourth-order valence-electron chi connectivity index (χ4n) is 4.22. The molecule has 0 aliphatic rings.